The van der Waals surface area contributed by atoms with Crippen LogP contribution in [0.5, 0.6) is 0 Å². The van der Waals surface area contributed by atoms with Crippen LogP contribution in [0.15, 0.2) is 29.0 Å². The lowest BCUT2D eigenvalue weighted by Gasteiger charge is -2.63. The largest absolute Gasteiger partial charge is 0.481 e. The van der Waals surface area contributed by atoms with Crippen molar-refractivity contribution in [3.8, 4) is 0 Å². The van der Waals surface area contributed by atoms with E-state index in [4.69, 9.17) is 28.9 Å². The van der Waals surface area contributed by atoms with Gasteiger partial charge in [0.15, 0.2) is 19.3 Å². The van der Waals surface area contributed by atoms with Crippen molar-refractivity contribution in [2.24, 2.45) is 33.7 Å². The van der Waals surface area contributed by atoms with Gasteiger partial charge in [-0.3, -0.25) is 4.79 Å². The summed E-state index contributed by atoms with van der Waals surface area (Å²) in [6, 6.07) is 0. The van der Waals surface area contributed by atoms with E-state index < -0.39 is 40.0 Å². The summed E-state index contributed by atoms with van der Waals surface area (Å²) in [5.74, 6) is -2.42. The molecule has 0 bridgehead atoms. The number of hydrogen-bond donors (Lipinski definition) is 2. The van der Waals surface area contributed by atoms with Gasteiger partial charge in [0.1, 0.15) is 24.5 Å². The molecule has 4 aliphatic carbocycles. The number of nitrogens with zero attached hydrogens (tertiary/aromatic N) is 1. The molecule has 37 heavy (non-hydrogen) atoms. The topological polar surface area (TPSA) is 116 Å². The molecule has 10 heteroatoms. The highest BCUT2D eigenvalue weighted by Gasteiger charge is 2.81. The average molecular weight is 522 g/mol. The fraction of sp³-hybridized carbons (Fsp3) is 0.778. The van der Waals surface area contributed by atoms with Crippen LogP contribution in [0.3, 0.4) is 0 Å². The summed E-state index contributed by atoms with van der Waals surface area (Å²) >= 11 is 0. The van der Waals surface area contributed by atoms with Gasteiger partial charge in [-0.1, -0.05) is 30.7 Å². The van der Waals surface area contributed by atoms with E-state index in [2.05, 4.69) is 19.0 Å². The van der Waals surface area contributed by atoms with Crippen LogP contribution >= 0.6 is 0 Å². The standard InChI is InChI=1S/C27H36FNO8/c1-16-10-20-19-5-4-17-11-18(29-37-9-7-22(31)32)6-8-23(17,2)26(19,28)21(30)12-24(20,3)27(16)25(35-15-36-27)13-33-14-34-25/h6,8,11,16,19-21,30H,4-5,7,9-10,12-15H2,1-3H3,(H,31,32)/t16-,19+,20+,21+,23+,24+,25?,26+,27-/m1/s1. The second kappa shape index (κ2) is 8.32. The number of carbonyl (C=O) groups is 1. The first kappa shape index (κ1) is 25.4. The number of hydrogen-bond acceptors (Lipinski definition) is 8. The molecule has 9 atom stereocenters. The van der Waals surface area contributed by atoms with Crippen LogP contribution in [-0.4, -0.2) is 71.9 Å². The van der Waals surface area contributed by atoms with Crippen molar-refractivity contribution in [3.63, 3.8) is 0 Å². The van der Waals surface area contributed by atoms with Crippen molar-refractivity contribution in [1.29, 1.82) is 0 Å². The number of carboxylic acid groups (broad SMARTS) is 1. The predicted molar refractivity (Wildman–Crippen MR) is 128 cm³/mol. The maximum atomic E-state index is 17.6. The monoisotopic (exact) mass is 521 g/mol. The van der Waals surface area contributed by atoms with Gasteiger partial charge in [0, 0.05) is 16.7 Å². The van der Waals surface area contributed by atoms with Crippen LogP contribution < -0.4 is 0 Å². The molecule has 0 amide bonds. The number of ether oxygens (including phenoxy) is 4. The van der Waals surface area contributed by atoms with E-state index in [-0.39, 0.29) is 57.4 Å². The number of alkyl halides is 1. The number of oxime groups is 1. The first-order valence-electron chi connectivity index (χ1n) is 13.2. The molecular formula is C27H36FNO8. The third kappa shape index (κ3) is 3.07. The zero-order valence-electron chi connectivity index (χ0n) is 21.6. The first-order valence-corrected chi connectivity index (χ1v) is 13.2. The molecule has 0 aromatic heterocycles. The van der Waals surface area contributed by atoms with E-state index in [1.54, 1.807) is 12.2 Å². The number of carboxylic acids is 1. The smallest absolute Gasteiger partial charge is 0.306 e. The van der Waals surface area contributed by atoms with Gasteiger partial charge in [0.25, 0.3) is 0 Å². The fourth-order valence-corrected chi connectivity index (χ4v) is 9.06. The molecule has 1 unspecified atom stereocenters. The van der Waals surface area contributed by atoms with E-state index in [1.165, 1.54) is 0 Å². The minimum absolute atomic E-state index is 0.0228. The van der Waals surface area contributed by atoms with Crippen LogP contribution in [0.25, 0.3) is 0 Å². The number of aliphatic carboxylic acids is 1. The number of halogens is 1. The summed E-state index contributed by atoms with van der Waals surface area (Å²) in [4.78, 5) is 15.9. The normalized spacial score (nSPS) is 51.3. The molecule has 2 saturated heterocycles. The van der Waals surface area contributed by atoms with E-state index in [0.717, 1.165) is 12.0 Å². The van der Waals surface area contributed by atoms with Gasteiger partial charge in [-0.25, -0.2) is 4.39 Å². The van der Waals surface area contributed by atoms with Gasteiger partial charge in [-0.05, 0) is 56.6 Å². The zero-order valence-corrected chi connectivity index (χ0v) is 21.6. The Bertz CT molecular complexity index is 1070. The Labute approximate surface area is 215 Å². The molecule has 0 radical (unpaired) electrons. The Hall–Kier alpha value is -1.85. The fourth-order valence-electron chi connectivity index (χ4n) is 9.06. The number of aliphatic hydroxyl groups is 1. The number of aliphatic hydroxyl groups excluding tert-OH is 1. The predicted octanol–water partition coefficient (Wildman–Crippen LogP) is 3.33. The molecule has 2 heterocycles. The van der Waals surface area contributed by atoms with Gasteiger partial charge in [0.05, 0.1) is 12.5 Å². The summed E-state index contributed by atoms with van der Waals surface area (Å²) in [6.07, 6.45) is 6.18. The summed E-state index contributed by atoms with van der Waals surface area (Å²) in [5, 5.41) is 24.5. The van der Waals surface area contributed by atoms with Crippen molar-refractivity contribution in [2.75, 3.05) is 26.8 Å². The summed E-state index contributed by atoms with van der Waals surface area (Å²) < 4.78 is 41.8. The van der Waals surface area contributed by atoms with Crippen LogP contribution in [0, 0.1) is 28.6 Å². The number of fused-ring (bicyclic) bond motifs is 7. The van der Waals surface area contributed by atoms with E-state index in [0.29, 0.717) is 18.6 Å². The Morgan fingerprint density at radius 2 is 2.03 bits per heavy atom. The molecule has 2 N–H and O–H groups in total. The average Bonchev–Trinajstić information content (AvgIpc) is 3.53. The molecule has 5 fully saturated rings. The highest BCUT2D eigenvalue weighted by Crippen LogP contribution is 2.74. The lowest BCUT2D eigenvalue weighted by molar-refractivity contribution is -0.277. The van der Waals surface area contributed by atoms with Gasteiger partial charge >= 0.3 is 5.97 Å². The lowest BCUT2D eigenvalue weighted by Crippen LogP contribution is -2.71. The van der Waals surface area contributed by atoms with E-state index >= 15 is 4.39 Å². The van der Waals surface area contributed by atoms with Crippen LogP contribution in [0.4, 0.5) is 4.39 Å². The van der Waals surface area contributed by atoms with Crippen LogP contribution in [0.1, 0.15) is 52.9 Å². The summed E-state index contributed by atoms with van der Waals surface area (Å²) in [6.45, 7) is 6.53. The van der Waals surface area contributed by atoms with E-state index in [1.807, 2.05) is 13.0 Å². The van der Waals surface area contributed by atoms with Crippen molar-refractivity contribution >= 4 is 11.7 Å². The van der Waals surface area contributed by atoms with Gasteiger partial charge in [0.2, 0.25) is 5.79 Å². The first-order chi connectivity index (χ1) is 17.5. The molecule has 0 aromatic carbocycles. The second-order valence-electron chi connectivity index (χ2n) is 12.0. The number of allylic oxidation sites excluding steroid dienone is 4. The van der Waals surface area contributed by atoms with Crippen molar-refractivity contribution < 1.29 is 43.2 Å². The third-order valence-corrected chi connectivity index (χ3v) is 10.6. The van der Waals surface area contributed by atoms with Crippen LogP contribution in [0.2, 0.25) is 0 Å². The summed E-state index contributed by atoms with van der Waals surface area (Å²) in [7, 11) is 0. The molecule has 9 nitrogen and oxygen atoms in total. The van der Waals surface area contributed by atoms with Gasteiger partial charge in [-0.15, -0.1) is 0 Å². The molecule has 6 rings (SSSR count). The maximum absolute atomic E-state index is 17.6. The SMILES string of the molecule is C[C@@H]1C[C@H]2[C@@H]3CCC4=CC(=NOCCC(=O)O)C=C[C@]4(C)[C@@]3(F)[C@@H](O)C[C@]2(C)[C@]12OCOC21COCO1. The molecule has 2 spiro atoms. The lowest BCUT2D eigenvalue weighted by atomic mass is 9.44. The highest BCUT2D eigenvalue weighted by atomic mass is 19.1. The molecular weight excluding hydrogens is 485 g/mol. The number of rotatable bonds is 4. The third-order valence-electron chi connectivity index (χ3n) is 10.6. The molecule has 0 aromatic rings. The molecule has 3 saturated carbocycles. The second-order valence-corrected chi connectivity index (χ2v) is 12.0. The molecule has 2 aliphatic heterocycles. The Kier molecular flexibility index (Phi) is 5.72. The van der Waals surface area contributed by atoms with Crippen molar-refractivity contribution in [2.45, 2.75) is 76.0 Å². The van der Waals surface area contributed by atoms with Crippen molar-refractivity contribution in [3.05, 3.63) is 23.8 Å². The van der Waals surface area contributed by atoms with Gasteiger partial charge < -0.3 is 34.0 Å². The molecule has 6 aliphatic rings. The summed E-state index contributed by atoms with van der Waals surface area (Å²) in [5.41, 5.74) is -2.92. The Morgan fingerprint density at radius 1 is 1.24 bits per heavy atom. The Balaban J connectivity index is 1.33. The Morgan fingerprint density at radius 3 is 2.76 bits per heavy atom. The quantitative estimate of drug-likeness (QED) is 0.428. The minimum Gasteiger partial charge on any atom is -0.481 e. The van der Waals surface area contributed by atoms with E-state index in [9.17, 15) is 9.90 Å². The van der Waals surface area contributed by atoms with Crippen LogP contribution in [-0.2, 0) is 28.6 Å². The molecule has 204 valence electrons. The zero-order chi connectivity index (χ0) is 26.3. The minimum atomic E-state index is -1.88. The van der Waals surface area contributed by atoms with Crippen molar-refractivity contribution in [1.82, 2.24) is 0 Å². The van der Waals surface area contributed by atoms with Gasteiger partial charge in [-0.2, -0.15) is 0 Å². The highest BCUT2D eigenvalue weighted by molar-refractivity contribution is 6.05. The maximum Gasteiger partial charge on any atom is 0.306 e.